The van der Waals surface area contributed by atoms with Crippen LogP contribution in [0, 0.1) is 5.82 Å². The number of hydrogen-bond acceptors (Lipinski definition) is 5. The van der Waals surface area contributed by atoms with Crippen LogP contribution in [0.5, 0.6) is 0 Å². The third-order valence-electron chi connectivity index (χ3n) is 4.21. The lowest BCUT2D eigenvalue weighted by Crippen LogP contribution is -2.40. The molecule has 0 unspecified atom stereocenters. The summed E-state index contributed by atoms with van der Waals surface area (Å²) in [5, 5.41) is 3.55. The first-order valence-corrected chi connectivity index (χ1v) is 7.83. The Morgan fingerprint density at radius 3 is 2.74 bits per heavy atom. The molecule has 0 spiro atoms. The molecule has 0 atom stereocenters. The fraction of sp³-hybridized carbons (Fsp3) is 0.375. The second kappa shape index (κ2) is 6.68. The maximum absolute atomic E-state index is 13.7. The normalized spacial score (nSPS) is 17.0. The van der Waals surface area contributed by atoms with E-state index in [1.807, 2.05) is 6.07 Å². The Balaban J connectivity index is 1.84. The molecule has 1 aliphatic rings. The average Bonchev–Trinajstić information content (AvgIpc) is 2.53. The van der Waals surface area contributed by atoms with E-state index < -0.39 is 0 Å². The summed E-state index contributed by atoms with van der Waals surface area (Å²) in [6, 6.07) is 8.36. The lowest BCUT2D eigenvalue weighted by Gasteiger charge is -2.38. The number of nitrogens with zero attached hydrogens (tertiary/aromatic N) is 2. The number of anilines is 2. The van der Waals surface area contributed by atoms with Crippen molar-refractivity contribution >= 4 is 23.4 Å². The summed E-state index contributed by atoms with van der Waals surface area (Å²) in [6.45, 7) is 1.88. The average molecular weight is 337 g/mol. The van der Waals surface area contributed by atoms with E-state index in [9.17, 15) is 4.39 Å². The number of ether oxygens (including phenoxy) is 1. The van der Waals surface area contributed by atoms with Crippen molar-refractivity contribution in [2.24, 2.45) is 0 Å². The summed E-state index contributed by atoms with van der Waals surface area (Å²) >= 11 is 5.90. The lowest BCUT2D eigenvalue weighted by atomic mass is 9.74. The van der Waals surface area contributed by atoms with Crippen molar-refractivity contribution in [2.45, 2.75) is 18.3 Å². The van der Waals surface area contributed by atoms with E-state index in [1.165, 1.54) is 6.07 Å². The SMILES string of the molecule is Nc1nc(Cl)cc(NCC2(c3cccc(F)c3)CCOCC2)n1. The number of nitrogen functional groups attached to an aromatic ring is 1. The van der Waals surface area contributed by atoms with Crippen LogP contribution >= 0.6 is 11.6 Å². The predicted octanol–water partition coefficient (Wildman–Crippen LogP) is 3.01. The number of benzene rings is 1. The molecule has 3 N–H and O–H groups in total. The van der Waals surface area contributed by atoms with E-state index >= 15 is 0 Å². The molecule has 0 amide bonds. The number of rotatable bonds is 4. The standard InChI is InChI=1S/C16H18ClFN4O/c17-13-9-14(22-15(19)21-13)20-10-16(4-6-23-7-5-16)11-2-1-3-12(18)8-11/h1-3,8-9H,4-7,10H2,(H3,19,20,21,22). The first-order valence-electron chi connectivity index (χ1n) is 7.45. The van der Waals surface area contributed by atoms with Crippen molar-refractivity contribution in [1.29, 1.82) is 0 Å². The monoisotopic (exact) mass is 336 g/mol. The minimum absolute atomic E-state index is 0.117. The van der Waals surface area contributed by atoms with Gasteiger partial charge in [0.15, 0.2) is 0 Å². The number of aromatic nitrogens is 2. The van der Waals surface area contributed by atoms with Crippen LogP contribution in [0.1, 0.15) is 18.4 Å². The predicted molar refractivity (Wildman–Crippen MR) is 88.1 cm³/mol. The van der Waals surface area contributed by atoms with E-state index in [-0.39, 0.29) is 22.3 Å². The van der Waals surface area contributed by atoms with Crippen molar-refractivity contribution in [3.63, 3.8) is 0 Å². The number of nitrogens with one attached hydrogen (secondary N) is 1. The zero-order valence-electron chi connectivity index (χ0n) is 12.6. The lowest BCUT2D eigenvalue weighted by molar-refractivity contribution is 0.0542. The first kappa shape index (κ1) is 16.0. The van der Waals surface area contributed by atoms with E-state index in [0.717, 1.165) is 18.4 Å². The second-order valence-corrected chi connectivity index (χ2v) is 6.08. The smallest absolute Gasteiger partial charge is 0.223 e. The van der Waals surface area contributed by atoms with Crippen molar-refractivity contribution in [3.8, 4) is 0 Å². The van der Waals surface area contributed by atoms with Gasteiger partial charge in [0.2, 0.25) is 5.95 Å². The van der Waals surface area contributed by atoms with E-state index in [0.29, 0.717) is 25.6 Å². The fourth-order valence-electron chi connectivity index (χ4n) is 2.93. The number of halogens is 2. The molecule has 122 valence electrons. The van der Waals surface area contributed by atoms with E-state index in [2.05, 4.69) is 15.3 Å². The molecule has 3 rings (SSSR count). The zero-order valence-corrected chi connectivity index (χ0v) is 13.3. The van der Waals surface area contributed by atoms with Crippen molar-refractivity contribution in [3.05, 3.63) is 46.9 Å². The largest absolute Gasteiger partial charge is 0.381 e. The molecular weight excluding hydrogens is 319 g/mol. The van der Waals surface area contributed by atoms with Crippen LogP contribution in [0.3, 0.4) is 0 Å². The van der Waals surface area contributed by atoms with Crippen LogP contribution in [0.4, 0.5) is 16.2 Å². The Labute approximate surface area is 139 Å². The van der Waals surface area contributed by atoms with Gasteiger partial charge >= 0.3 is 0 Å². The zero-order chi connectivity index (χ0) is 16.3. The van der Waals surface area contributed by atoms with Gasteiger partial charge in [0.1, 0.15) is 16.8 Å². The highest BCUT2D eigenvalue weighted by Gasteiger charge is 2.34. The van der Waals surface area contributed by atoms with Gasteiger partial charge < -0.3 is 15.8 Å². The molecular formula is C16H18ClFN4O. The molecule has 23 heavy (non-hydrogen) atoms. The van der Waals surface area contributed by atoms with Crippen LogP contribution in [-0.4, -0.2) is 29.7 Å². The van der Waals surface area contributed by atoms with Gasteiger partial charge in [-0.15, -0.1) is 0 Å². The van der Waals surface area contributed by atoms with Crippen molar-refractivity contribution in [2.75, 3.05) is 30.8 Å². The van der Waals surface area contributed by atoms with E-state index in [4.69, 9.17) is 22.1 Å². The Morgan fingerprint density at radius 2 is 2.04 bits per heavy atom. The summed E-state index contributed by atoms with van der Waals surface area (Å²) in [5.41, 5.74) is 6.36. The number of hydrogen-bond donors (Lipinski definition) is 2. The van der Waals surface area contributed by atoms with Gasteiger partial charge in [0, 0.05) is 31.2 Å². The molecule has 2 aromatic rings. The molecule has 1 aromatic heterocycles. The quantitative estimate of drug-likeness (QED) is 0.840. The Bertz CT molecular complexity index is 671. The van der Waals surface area contributed by atoms with Gasteiger partial charge in [-0.2, -0.15) is 4.98 Å². The van der Waals surface area contributed by atoms with Gasteiger partial charge in [-0.1, -0.05) is 23.7 Å². The molecule has 1 saturated heterocycles. The van der Waals surface area contributed by atoms with Crippen LogP contribution in [0.2, 0.25) is 5.15 Å². The van der Waals surface area contributed by atoms with Gasteiger partial charge in [-0.05, 0) is 30.5 Å². The summed E-state index contributed by atoms with van der Waals surface area (Å²) in [7, 11) is 0. The molecule has 0 bridgehead atoms. The highest BCUT2D eigenvalue weighted by atomic mass is 35.5. The highest BCUT2D eigenvalue weighted by molar-refractivity contribution is 6.29. The molecule has 1 aromatic carbocycles. The minimum Gasteiger partial charge on any atom is -0.381 e. The van der Waals surface area contributed by atoms with Crippen molar-refractivity contribution in [1.82, 2.24) is 9.97 Å². The topological polar surface area (TPSA) is 73.1 Å². The van der Waals surface area contributed by atoms with Crippen LogP contribution < -0.4 is 11.1 Å². The highest BCUT2D eigenvalue weighted by Crippen LogP contribution is 2.35. The molecule has 2 heterocycles. The minimum atomic E-state index is -0.234. The third-order valence-corrected chi connectivity index (χ3v) is 4.40. The van der Waals surface area contributed by atoms with Crippen molar-refractivity contribution < 1.29 is 9.13 Å². The first-order chi connectivity index (χ1) is 11.1. The maximum Gasteiger partial charge on any atom is 0.223 e. The van der Waals surface area contributed by atoms with Gasteiger partial charge in [0.05, 0.1) is 0 Å². The Kier molecular flexibility index (Phi) is 4.63. The van der Waals surface area contributed by atoms with Crippen LogP contribution in [0.25, 0.3) is 0 Å². The molecule has 7 heteroatoms. The summed E-state index contributed by atoms with van der Waals surface area (Å²) in [4.78, 5) is 7.97. The molecule has 0 radical (unpaired) electrons. The Hall–Kier alpha value is -1.92. The molecule has 5 nitrogen and oxygen atoms in total. The van der Waals surface area contributed by atoms with Gasteiger partial charge in [0.25, 0.3) is 0 Å². The van der Waals surface area contributed by atoms with E-state index in [1.54, 1.807) is 18.2 Å². The molecule has 1 aliphatic heterocycles. The number of nitrogens with two attached hydrogens (primary N) is 1. The molecule has 0 aliphatic carbocycles. The second-order valence-electron chi connectivity index (χ2n) is 5.69. The van der Waals surface area contributed by atoms with Gasteiger partial charge in [-0.3, -0.25) is 0 Å². The Morgan fingerprint density at radius 1 is 1.26 bits per heavy atom. The third kappa shape index (κ3) is 3.71. The maximum atomic E-state index is 13.7. The molecule has 0 saturated carbocycles. The van der Waals surface area contributed by atoms with Crippen LogP contribution in [-0.2, 0) is 10.2 Å². The van der Waals surface area contributed by atoms with Crippen LogP contribution in [0.15, 0.2) is 30.3 Å². The van der Waals surface area contributed by atoms with Gasteiger partial charge in [-0.25, -0.2) is 9.37 Å². The molecule has 1 fully saturated rings. The summed E-state index contributed by atoms with van der Waals surface area (Å²) in [6.07, 6.45) is 1.61. The summed E-state index contributed by atoms with van der Waals surface area (Å²) in [5.74, 6) is 0.444. The fourth-order valence-corrected chi connectivity index (χ4v) is 3.12. The summed E-state index contributed by atoms with van der Waals surface area (Å²) < 4.78 is 19.1.